The molecule has 0 unspecified atom stereocenters. The van der Waals surface area contributed by atoms with Crippen molar-refractivity contribution in [2.24, 2.45) is 0 Å². The molecule has 0 saturated carbocycles. The topological polar surface area (TPSA) is 117 Å². The molecular formula is C22H19N3O5S. The van der Waals surface area contributed by atoms with Crippen molar-refractivity contribution in [3.63, 3.8) is 0 Å². The van der Waals surface area contributed by atoms with Gasteiger partial charge in [0, 0.05) is 10.9 Å². The Bertz CT molecular complexity index is 1170. The molecule has 3 amide bonds. The maximum absolute atomic E-state index is 12.5. The van der Waals surface area contributed by atoms with Gasteiger partial charge in [-0.05, 0) is 56.9 Å². The van der Waals surface area contributed by atoms with Crippen LogP contribution in [-0.2, 0) is 22.4 Å². The van der Waals surface area contributed by atoms with Crippen LogP contribution in [0.3, 0.4) is 0 Å². The number of esters is 1. The predicted molar refractivity (Wildman–Crippen MR) is 112 cm³/mol. The second-order valence-electron chi connectivity index (χ2n) is 7.63. The highest BCUT2D eigenvalue weighted by molar-refractivity contribution is 7.16. The minimum absolute atomic E-state index is 0.0751. The van der Waals surface area contributed by atoms with Crippen molar-refractivity contribution >= 4 is 40.0 Å². The minimum Gasteiger partial charge on any atom is -0.452 e. The molecule has 0 bridgehead atoms. The zero-order valence-electron chi connectivity index (χ0n) is 17.0. The lowest BCUT2D eigenvalue weighted by atomic mass is 10.1. The van der Waals surface area contributed by atoms with E-state index in [1.54, 1.807) is 13.8 Å². The van der Waals surface area contributed by atoms with E-state index in [0.717, 1.165) is 34.6 Å². The van der Waals surface area contributed by atoms with Gasteiger partial charge in [-0.1, -0.05) is 0 Å². The lowest BCUT2D eigenvalue weighted by molar-refractivity contribution is -0.119. The van der Waals surface area contributed by atoms with Crippen LogP contribution in [0.5, 0.6) is 0 Å². The molecule has 1 aliphatic heterocycles. The first kappa shape index (κ1) is 20.8. The number of anilines is 1. The van der Waals surface area contributed by atoms with Gasteiger partial charge in [-0.3, -0.25) is 19.3 Å². The Balaban J connectivity index is 1.41. The fourth-order valence-corrected chi connectivity index (χ4v) is 5.10. The van der Waals surface area contributed by atoms with Gasteiger partial charge >= 0.3 is 5.97 Å². The molecule has 31 heavy (non-hydrogen) atoms. The van der Waals surface area contributed by atoms with Crippen LogP contribution in [0.15, 0.2) is 18.2 Å². The van der Waals surface area contributed by atoms with Crippen molar-refractivity contribution in [2.45, 2.75) is 39.2 Å². The number of amides is 3. The van der Waals surface area contributed by atoms with Crippen LogP contribution in [0, 0.1) is 11.3 Å². The molecule has 0 spiro atoms. The van der Waals surface area contributed by atoms with E-state index in [1.807, 2.05) is 0 Å². The van der Waals surface area contributed by atoms with Crippen LogP contribution in [0.25, 0.3) is 0 Å². The molecule has 1 aromatic carbocycles. The molecular weight excluding hydrogens is 418 g/mol. The van der Waals surface area contributed by atoms with Crippen molar-refractivity contribution < 1.29 is 23.9 Å². The smallest absolute Gasteiger partial charge is 0.338 e. The largest absolute Gasteiger partial charge is 0.452 e. The molecule has 1 aliphatic carbocycles. The molecule has 2 heterocycles. The molecule has 2 aliphatic rings. The summed E-state index contributed by atoms with van der Waals surface area (Å²) in [5.41, 5.74) is 1.93. The van der Waals surface area contributed by atoms with Crippen LogP contribution in [0.2, 0.25) is 0 Å². The molecule has 0 atom stereocenters. The number of rotatable bonds is 5. The molecule has 158 valence electrons. The second kappa shape index (κ2) is 7.96. The van der Waals surface area contributed by atoms with E-state index in [-0.39, 0.29) is 22.7 Å². The minimum atomic E-state index is -0.782. The first-order valence-electron chi connectivity index (χ1n) is 9.85. The van der Waals surface area contributed by atoms with E-state index in [9.17, 15) is 24.4 Å². The molecule has 0 fully saturated rings. The van der Waals surface area contributed by atoms with Crippen molar-refractivity contribution in [3.05, 3.63) is 50.9 Å². The Labute approximate surface area is 182 Å². The summed E-state index contributed by atoms with van der Waals surface area (Å²) in [4.78, 5) is 51.7. The number of nitrogens with one attached hydrogen (secondary N) is 1. The number of carbonyl (C=O) groups is 4. The lowest BCUT2D eigenvalue weighted by Crippen LogP contribution is -2.35. The van der Waals surface area contributed by atoms with Crippen molar-refractivity contribution in [1.82, 2.24) is 4.90 Å². The van der Waals surface area contributed by atoms with Gasteiger partial charge in [-0.25, -0.2) is 4.79 Å². The third-order valence-electron chi connectivity index (χ3n) is 5.29. The quantitative estimate of drug-likeness (QED) is 0.568. The highest BCUT2D eigenvalue weighted by atomic mass is 32.1. The van der Waals surface area contributed by atoms with Crippen LogP contribution in [-0.4, -0.2) is 41.2 Å². The molecule has 8 nitrogen and oxygen atoms in total. The number of nitrogens with zero attached hydrogens (tertiary/aromatic N) is 2. The molecule has 4 rings (SSSR count). The number of carbonyl (C=O) groups excluding carboxylic acids is 4. The number of fused-ring (bicyclic) bond motifs is 2. The average Bonchev–Trinajstić information content (AvgIpc) is 3.38. The van der Waals surface area contributed by atoms with E-state index in [4.69, 9.17) is 4.74 Å². The molecule has 1 N–H and O–H groups in total. The summed E-state index contributed by atoms with van der Waals surface area (Å²) in [6.07, 6.45) is 2.73. The highest BCUT2D eigenvalue weighted by Gasteiger charge is 2.37. The summed E-state index contributed by atoms with van der Waals surface area (Å²) in [7, 11) is 0. The van der Waals surface area contributed by atoms with Gasteiger partial charge in [0.1, 0.15) is 11.1 Å². The Hall–Kier alpha value is -3.51. The Morgan fingerprint density at radius 1 is 1.23 bits per heavy atom. The van der Waals surface area contributed by atoms with E-state index >= 15 is 0 Å². The van der Waals surface area contributed by atoms with Crippen LogP contribution in [0.1, 0.15) is 67.3 Å². The number of hydrogen-bond acceptors (Lipinski definition) is 7. The van der Waals surface area contributed by atoms with E-state index < -0.39 is 30.3 Å². The van der Waals surface area contributed by atoms with Gasteiger partial charge < -0.3 is 10.1 Å². The van der Waals surface area contributed by atoms with Crippen LogP contribution >= 0.6 is 11.3 Å². The average molecular weight is 437 g/mol. The number of nitriles is 1. The number of imide groups is 1. The number of ether oxygens (including phenoxy) is 1. The zero-order valence-corrected chi connectivity index (χ0v) is 17.8. The Kier molecular flexibility index (Phi) is 5.33. The Morgan fingerprint density at radius 2 is 1.97 bits per heavy atom. The highest BCUT2D eigenvalue weighted by Crippen LogP contribution is 2.38. The molecule has 9 heteroatoms. The lowest BCUT2D eigenvalue weighted by Gasteiger charge is -2.17. The standard InChI is InChI=1S/C22H19N3O5S/c1-11(2)25-20(27)14-7-6-12(8-15(14)21(25)28)22(29)30-10-18(26)24-19-16(9-23)13-4-3-5-17(13)31-19/h6-8,11H,3-5,10H2,1-2H3,(H,24,26). The number of hydrogen-bond donors (Lipinski definition) is 1. The number of benzene rings is 1. The SMILES string of the molecule is CC(C)N1C(=O)c2ccc(C(=O)OCC(=O)Nc3sc4c(c3C#N)CCC4)cc2C1=O. The third kappa shape index (κ3) is 3.59. The summed E-state index contributed by atoms with van der Waals surface area (Å²) in [5.74, 6) is -2.19. The first-order chi connectivity index (χ1) is 14.8. The zero-order chi connectivity index (χ0) is 22.3. The van der Waals surface area contributed by atoms with Crippen LogP contribution in [0.4, 0.5) is 5.00 Å². The maximum atomic E-state index is 12.5. The van der Waals surface area contributed by atoms with Gasteiger partial charge in [-0.15, -0.1) is 11.3 Å². The van der Waals surface area contributed by atoms with E-state index in [2.05, 4.69) is 11.4 Å². The molecule has 2 aromatic rings. The fourth-order valence-electron chi connectivity index (χ4n) is 3.84. The van der Waals surface area contributed by atoms with E-state index in [1.165, 1.54) is 29.5 Å². The summed E-state index contributed by atoms with van der Waals surface area (Å²) in [6.45, 7) is 2.93. The van der Waals surface area contributed by atoms with Crippen molar-refractivity contribution in [1.29, 1.82) is 5.26 Å². The monoisotopic (exact) mass is 437 g/mol. The van der Waals surface area contributed by atoms with Gasteiger partial charge in [-0.2, -0.15) is 5.26 Å². The fraction of sp³-hybridized carbons (Fsp3) is 0.318. The summed E-state index contributed by atoms with van der Waals surface area (Å²) >= 11 is 1.38. The number of thiophene rings is 1. The van der Waals surface area contributed by atoms with Crippen molar-refractivity contribution in [3.8, 4) is 6.07 Å². The first-order valence-corrected chi connectivity index (χ1v) is 10.7. The maximum Gasteiger partial charge on any atom is 0.338 e. The molecule has 0 radical (unpaired) electrons. The van der Waals surface area contributed by atoms with Gasteiger partial charge in [0.2, 0.25) is 0 Å². The van der Waals surface area contributed by atoms with Crippen LogP contribution < -0.4 is 5.32 Å². The predicted octanol–water partition coefficient (Wildman–Crippen LogP) is 2.91. The third-order valence-corrected chi connectivity index (χ3v) is 6.50. The molecule has 1 aromatic heterocycles. The normalized spacial score (nSPS) is 14.5. The second-order valence-corrected chi connectivity index (χ2v) is 8.74. The number of aryl methyl sites for hydroxylation is 1. The van der Waals surface area contributed by atoms with E-state index in [0.29, 0.717) is 10.6 Å². The summed E-state index contributed by atoms with van der Waals surface area (Å²) in [5, 5.41) is 12.5. The summed E-state index contributed by atoms with van der Waals surface area (Å²) in [6, 6.07) is 5.96. The van der Waals surface area contributed by atoms with Gasteiger partial charge in [0.05, 0.1) is 22.3 Å². The van der Waals surface area contributed by atoms with Gasteiger partial charge in [0.25, 0.3) is 17.7 Å². The van der Waals surface area contributed by atoms with Crippen molar-refractivity contribution in [2.75, 3.05) is 11.9 Å². The summed E-state index contributed by atoms with van der Waals surface area (Å²) < 4.78 is 5.07. The molecule has 0 saturated heterocycles. The van der Waals surface area contributed by atoms with Gasteiger partial charge in [0.15, 0.2) is 6.61 Å². The Morgan fingerprint density at radius 3 is 2.68 bits per heavy atom.